The average Bonchev–Trinajstić information content (AvgIpc) is 3.01. The molecule has 1 atom stereocenters. The fraction of sp³-hybridized carbons (Fsp3) is 0.389. The van der Waals surface area contributed by atoms with Crippen molar-refractivity contribution in [3.05, 3.63) is 35.7 Å². The zero-order chi connectivity index (χ0) is 18.7. The fourth-order valence-electron chi connectivity index (χ4n) is 3.03. The van der Waals surface area contributed by atoms with Gasteiger partial charge in [0.05, 0.1) is 18.8 Å². The molecule has 7 nitrogen and oxygen atoms in total. The van der Waals surface area contributed by atoms with E-state index in [1.165, 1.54) is 17.9 Å². The number of anilines is 1. The molecule has 1 N–H and O–H groups in total. The lowest BCUT2D eigenvalue weighted by molar-refractivity contribution is -0.119. The van der Waals surface area contributed by atoms with E-state index >= 15 is 0 Å². The van der Waals surface area contributed by atoms with Crippen molar-refractivity contribution in [3.63, 3.8) is 0 Å². The summed E-state index contributed by atoms with van der Waals surface area (Å²) in [7, 11) is 0. The van der Waals surface area contributed by atoms with E-state index in [4.69, 9.17) is 10.00 Å². The van der Waals surface area contributed by atoms with E-state index in [9.17, 15) is 14.0 Å². The Balaban J connectivity index is 1.72. The van der Waals surface area contributed by atoms with Crippen LogP contribution >= 0.6 is 0 Å². The molecule has 2 heterocycles. The molecule has 2 amide bonds. The lowest BCUT2D eigenvalue weighted by Crippen LogP contribution is -2.33. The summed E-state index contributed by atoms with van der Waals surface area (Å²) in [5.74, 6) is -0.622. The number of carbonyl (C=O) groups excluding carboxylic acids is 2. The molecule has 1 aromatic rings. The molecular weight excluding hydrogens is 339 g/mol. The van der Waals surface area contributed by atoms with Crippen LogP contribution in [0.15, 0.2) is 24.3 Å². The number of hydrogen-bond acceptors (Lipinski definition) is 5. The van der Waals surface area contributed by atoms with Crippen LogP contribution in [0.4, 0.5) is 14.9 Å². The maximum absolute atomic E-state index is 14.6. The molecule has 3 rings (SSSR count). The van der Waals surface area contributed by atoms with Crippen LogP contribution in [0, 0.1) is 17.3 Å². The second-order valence-corrected chi connectivity index (χ2v) is 6.24. The molecule has 0 bridgehead atoms. The molecule has 0 radical (unpaired) electrons. The second kappa shape index (κ2) is 7.44. The highest BCUT2D eigenvalue weighted by atomic mass is 19.1. The highest BCUT2D eigenvalue weighted by molar-refractivity contribution is 5.90. The number of rotatable bonds is 4. The van der Waals surface area contributed by atoms with Crippen LogP contribution in [-0.4, -0.2) is 49.2 Å². The van der Waals surface area contributed by atoms with Crippen molar-refractivity contribution in [3.8, 4) is 6.19 Å². The van der Waals surface area contributed by atoms with Crippen LogP contribution < -0.4 is 10.2 Å². The highest BCUT2D eigenvalue weighted by Crippen LogP contribution is 2.29. The van der Waals surface area contributed by atoms with E-state index in [1.807, 2.05) is 6.08 Å². The van der Waals surface area contributed by atoms with Crippen molar-refractivity contribution in [1.29, 1.82) is 5.26 Å². The van der Waals surface area contributed by atoms with Gasteiger partial charge in [-0.15, -0.1) is 0 Å². The summed E-state index contributed by atoms with van der Waals surface area (Å²) in [6.07, 6.45) is 3.48. The van der Waals surface area contributed by atoms with E-state index in [0.717, 1.165) is 5.57 Å². The monoisotopic (exact) mass is 358 g/mol. The van der Waals surface area contributed by atoms with Gasteiger partial charge < -0.3 is 15.0 Å². The first-order chi connectivity index (χ1) is 12.5. The van der Waals surface area contributed by atoms with E-state index in [-0.39, 0.29) is 19.0 Å². The van der Waals surface area contributed by atoms with Crippen LogP contribution in [0.25, 0.3) is 5.57 Å². The number of carbonyl (C=O) groups is 2. The number of halogens is 1. The number of amides is 2. The van der Waals surface area contributed by atoms with Crippen LogP contribution in [0.3, 0.4) is 0 Å². The van der Waals surface area contributed by atoms with Gasteiger partial charge in [0, 0.05) is 25.6 Å². The minimum Gasteiger partial charge on any atom is -0.442 e. The Labute approximate surface area is 150 Å². The SMILES string of the molecule is CC(=O)NC[C@H]1CN(c2ccc(C3=CCN(C#N)CC3)c(F)c2)C(=O)O1. The Kier molecular flexibility index (Phi) is 5.07. The van der Waals surface area contributed by atoms with Gasteiger partial charge in [0.2, 0.25) is 5.91 Å². The number of nitrogens with one attached hydrogen (secondary N) is 1. The summed E-state index contributed by atoms with van der Waals surface area (Å²) < 4.78 is 19.8. The maximum atomic E-state index is 14.6. The second-order valence-electron chi connectivity index (χ2n) is 6.24. The molecule has 26 heavy (non-hydrogen) atoms. The molecule has 0 aromatic heterocycles. The van der Waals surface area contributed by atoms with Gasteiger partial charge in [0.25, 0.3) is 0 Å². The molecule has 0 saturated carbocycles. The van der Waals surface area contributed by atoms with Gasteiger partial charge in [-0.25, -0.2) is 9.18 Å². The van der Waals surface area contributed by atoms with Gasteiger partial charge in [-0.2, -0.15) is 5.26 Å². The minimum absolute atomic E-state index is 0.203. The predicted molar refractivity (Wildman–Crippen MR) is 92.5 cm³/mol. The molecule has 0 aliphatic carbocycles. The first-order valence-electron chi connectivity index (χ1n) is 8.34. The quantitative estimate of drug-likeness (QED) is 0.831. The van der Waals surface area contributed by atoms with E-state index < -0.39 is 18.0 Å². The average molecular weight is 358 g/mol. The summed E-state index contributed by atoms with van der Waals surface area (Å²) in [6.45, 7) is 2.89. The van der Waals surface area contributed by atoms with Crippen LogP contribution in [0.2, 0.25) is 0 Å². The first-order valence-corrected chi connectivity index (χ1v) is 8.34. The molecule has 1 fully saturated rings. The smallest absolute Gasteiger partial charge is 0.414 e. The number of ether oxygens (including phenoxy) is 1. The number of nitriles is 1. The lowest BCUT2D eigenvalue weighted by atomic mass is 9.98. The molecule has 1 saturated heterocycles. The number of nitrogens with zero attached hydrogens (tertiary/aromatic N) is 3. The maximum Gasteiger partial charge on any atom is 0.414 e. The van der Waals surface area contributed by atoms with Gasteiger partial charge in [-0.1, -0.05) is 6.08 Å². The fourth-order valence-corrected chi connectivity index (χ4v) is 3.03. The number of benzene rings is 1. The Morgan fingerprint density at radius 1 is 1.50 bits per heavy atom. The Bertz CT molecular complexity index is 802. The van der Waals surface area contributed by atoms with Gasteiger partial charge in [-0.3, -0.25) is 9.69 Å². The molecule has 8 heteroatoms. The summed E-state index contributed by atoms with van der Waals surface area (Å²) in [5.41, 5.74) is 1.75. The molecule has 0 spiro atoms. The number of cyclic esters (lactones) is 1. The van der Waals surface area contributed by atoms with Gasteiger partial charge in [-0.05, 0) is 30.2 Å². The van der Waals surface area contributed by atoms with Crippen molar-refractivity contribution in [1.82, 2.24) is 10.2 Å². The van der Waals surface area contributed by atoms with Crippen molar-refractivity contribution in [2.24, 2.45) is 0 Å². The van der Waals surface area contributed by atoms with Crippen molar-refractivity contribution >= 4 is 23.3 Å². The summed E-state index contributed by atoms with van der Waals surface area (Å²) in [6, 6.07) is 4.64. The third kappa shape index (κ3) is 3.77. The van der Waals surface area contributed by atoms with E-state index in [1.54, 1.807) is 17.0 Å². The molecule has 2 aliphatic heterocycles. The zero-order valence-corrected chi connectivity index (χ0v) is 14.4. The Morgan fingerprint density at radius 3 is 2.92 bits per heavy atom. The normalized spacial score (nSPS) is 19.7. The van der Waals surface area contributed by atoms with Crippen LogP contribution in [0.5, 0.6) is 0 Å². The molecule has 0 unspecified atom stereocenters. The zero-order valence-electron chi connectivity index (χ0n) is 14.4. The van der Waals surface area contributed by atoms with Gasteiger partial charge >= 0.3 is 6.09 Å². The third-order valence-corrected chi connectivity index (χ3v) is 4.41. The Morgan fingerprint density at radius 2 is 2.31 bits per heavy atom. The molecule has 136 valence electrons. The van der Waals surface area contributed by atoms with Gasteiger partial charge in [0.15, 0.2) is 6.19 Å². The first kappa shape index (κ1) is 17.7. The van der Waals surface area contributed by atoms with E-state index in [2.05, 4.69) is 11.5 Å². The van der Waals surface area contributed by atoms with Crippen molar-refractivity contribution in [2.75, 3.05) is 31.1 Å². The highest BCUT2D eigenvalue weighted by Gasteiger charge is 2.32. The lowest BCUT2D eigenvalue weighted by Gasteiger charge is -2.22. The molecule has 2 aliphatic rings. The minimum atomic E-state index is -0.561. The van der Waals surface area contributed by atoms with Crippen molar-refractivity contribution in [2.45, 2.75) is 19.4 Å². The van der Waals surface area contributed by atoms with Crippen LogP contribution in [0.1, 0.15) is 18.9 Å². The summed E-state index contributed by atoms with van der Waals surface area (Å²) in [5, 5.41) is 11.5. The largest absolute Gasteiger partial charge is 0.442 e. The van der Waals surface area contributed by atoms with Crippen LogP contribution in [-0.2, 0) is 9.53 Å². The summed E-state index contributed by atoms with van der Waals surface area (Å²) in [4.78, 5) is 25.9. The summed E-state index contributed by atoms with van der Waals surface area (Å²) >= 11 is 0. The standard InChI is InChI=1S/C18H19FN4O3/c1-12(24)21-9-15-10-23(18(25)26-15)14-2-3-16(17(19)8-14)13-4-6-22(11-20)7-5-13/h2-4,8,15H,5-7,9-10H2,1H3,(H,21,24)/t15-/m0/s1. The Hall–Kier alpha value is -3.08. The van der Waals surface area contributed by atoms with Crippen molar-refractivity contribution < 1.29 is 18.7 Å². The van der Waals surface area contributed by atoms with E-state index in [0.29, 0.717) is 30.8 Å². The molecule has 1 aromatic carbocycles. The third-order valence-electron chi connectivity index (χ3n) is 4.41. The van der Waals surface area contributed by atoms with Gasteiger partial charge in [0.1, 0.15) is 11.9 Å². The molecular formula is C18H19FN4O3. The number of hydrogen-bond donors (Lipinski definition) is 1. The topological polar surface area (TPSA) is 85.7 Å². The predicted octanol–water partition coefficient (Wildman–Crippen LogP) is 1.86.